The van der Waals surface area contributed by atoms with Crippen LogP contribution in [0.2, 0.25) is 0 Å². The molecule has 3 aromatic carbocycles. The number of para-hydroxylation sites is 2. The van der Waals surface area contributed by atoms with E-state index in [1.807, 2.05) is 25.2 Å². The molecule has 12 heteroatoms. The van der Waals surface area contributed by atoms with Crippen LogP contribution in [-0.4, -0.2) is 50.9 Å². The van der Waals surface area contributed by atoms with Gasteiger partial charge in [0.25, 0.3) is 0 Å². The lowest BCUT2D eigenvalue weighted by molar-refractivity contribution is 0.457. The maximum Gasteiger partial charge on any atom is 0.207 e. The molecule has 39 heavy (non-hydrogen) atoms. The van der Waals surface area contributed by atoms with Crippen LogP contribution in [0, 0.1) is 0 Å². The van der Waals surface area contributed by atoms with Crippen molar-refractivity contribution >= 4 is 68.5 Å². The molecule has 3 aliphatic heterocycles. The Balaban J connectivity index is 0.000000153. The van der Waals surface area contributed by atoms with E-state index in [9.17, 15) is 8.42 Å². The number of fused-ring (bicyclic) bond motifs is 3. The first-order chi connectivity index (χ1) is 18.6. The average molecular weight is 705 g/mol. The van der Waals surface area contributed by atoms with Gasteiger partial charge in [0.05, 0.1) is 38.8 Å². The first-order valence-electron chi connectivity index (χ1n) is 12.3. The van der Waals surface area contributed by atoms with Crippen LogP contribution in [0.4, 0.5) is 17.1 Å². The molecule has 0 saturated carbocycles. The maximum atomic E-state index is 11.2. The van der Waals surface area contributed by atoms with Gasteiger partial charge in [0.15, 0.2) is 0 Å². The van der Waals surface area contributed by atoms with Crippen molar-refractivity contribution in [3.8, 4) is 0 Å². The van der Waals surface area contributed by atoms with E-state index >= 15 is 0 Å². The van der Waals surface area contributed by atoms with Crippen molar-refractivity contribution in [2.24, 2.45) is 0 Å². The minimum absolute atomic E-state index is 0.120. The summed E-state index contributed by atoms with van der Waals surface area (Å²) >= 11 is 3.16. The van der Waals surface area contributed by atoms with Crippen molar-refractivity contribution in [3.63, 3.8) is 0 Å². The fraction of sp³-hybridized carbons (Fsp3) is 0.333. The van der Waals surface area contributed by atoms with Gasteiger partial charge in [-0.3, -0.25) is 0 Å². The molecule has 3 aromatic rings. The fourth-order valence-corrected chi connectivity index (χ4v) is 6.28. The van der Waals surface area contributed by atoms with Gasteiger partial charge in [-0.25, -0.2) is 12.6 Å². The van der Waals surface area contributed by atoms with Gasteiger partial charge in [-0.15, -0.1) is 0 Å². The molecule has 0 fully saturated rings. The van der Waals surface area contributed by atoms with Crippen LogP contribution in [0.5, 0.6) is 0 Å². The van der Waals surface area contributed by atoms with Gasteiger partial charge in [-0.05, 0) is 59.7 Å². The molecule has 1 unspecified atom stereocenters. The van der Waals surface area contributed by atoms with Crippen molar-refractivity contribution in [1.82, 2.24) is 0 Å². The molecule has 212 valence electrons. The summed E-state index contributed by atoms with van der Waals surface area (Å²) in [7, 11) is 1.22. The number of likely N-dealkylation sites (N-methyl/N-ethyl adjacent to an activating group) is 2. The standard InChI is InChI=1S/C10H12INO2S.C9H11N.C8H9N.ClHO3S/c1-12-5-4-9-3-2-8(6-10(9)12)7-15(11,13)14;1-10-7-6-8-4-2-3-5-9(8)10;1-2-4-8-7(3-1)5-6-9-8;1-4-5(2)3/h2-3,6H,4-5,7H2,1H3;2-5H,6-7H2,1H3;1-4,9H,5-6H2;(H,2,3)/p-1. The number of anilines is 3. The molecule has 0 aliphatic carbocycles. The van der Waals surface area contributed by atoms with E-state index in [1.165, 1.54) is 74.3 Å². The largest absolute Gasteiger partial charge is 0.749 e. The van der Waals surface area contributed by atoms with Crippen molar-refractivity contribution in [2.75, 3.05) is 48.8 Å². The smallest absolute Gasteiger partial charge is 0.207 e. The van der Waals surface area contributed by atoms with Crippen molar-refractivity contribution in [3.05, 3.63) is 89.0 Å². The van der Waals surface area contributed by atoms with Gasteiger partial charge >= 0.3 is 0 Å². The molecular formula is C27H32ClIN3O5S2-. The van der Waals surface area contributed by atoms with Crippen molar-refractivity contribution in [1.29, 1.82) is 0 Å². The highest BCUT2D eigenvalue weighted by Gasteiger charge is 2.17. The highest BCUT2D eigenvalue weighted by Crippen LogP contribution is 2.29. The summed E-state index contributed by atoms with van der Waals surface area (Å²) < 4.78 is 43.5. The second kappa shape index (κ2) is 15.2. The molecule has 0 saturated heterocycles. The molecule has 0 aromatic heterocycles. The summed E-state index contributed by atoms with van der Waals surface area (Å²) in [5.41, 5.74) is 9.03. The summed E-state index contributed by atoms with van der Waals surface area (Å²) in [5, 5.41) is 3.30. The number of nitrogens with one attached hydrogen (secondary N) is 1. The third kappa shape index (κ3) is 10.2. The zero-order valence-corrected chi connectivity index (χ0v) is 26.4. The quantitative estimate of drug-likeness (QED) is 0.225. The molecule has 1 N–H and O–H groups in total. The van der Waals surface area contributed by atoms with Gasteiger partial charge < -0.3 is 19.7 Å². The minimum atomic E-state index is -2.96. The molecule has 8 nitrogen and oxygen atoms in total. The first kappa shape index (κ1) is 31.6. The minimum Gasteiger partial charge on any atom is -0.749 e. The van der Waals surface area contributed by atoms with Crippen LogP contribution in [-0.2, 0) is 47.1 Å². The number of rotatable bonds is 3. The molecule has 0 radical (unpaired) electrons. The van der Waals surface area contributed by atoms with E-state index in [4.69, 9.17) is 8.76 Å². The predicted molar refractivity (Wildman–Crippen MR) is 168 cm³/mol. The number of halogens is 2. The number of benzene rings is 3. The maximum absolute atomic E-state index is 11.2. The average Bonchev–Trinajstić information content (AvgIpc) is 3.64. The molecule has 3 aliphatic rings. The molecule has 0 bridgehead atoms. The number of hydrogen-bond donors (Lipinski definition) is 1. The van der Waals surface area contributed by atoms with E-state index in [1.54, 1.807) is 0 Å². The molecule has 1 atom stereocenters. The molecular weight excluding hydrogens is 673 g/mol. The van der Waals surface area contributed by atoms with E-state index in [0.29, 0.717) is 0 Å². The van der Waals surface area contributed by atoms with Gasteiger partial charge in [-0.1, -0.05) is 48.5 Å². The van der Waals surface area contributed by atoms with E-state index in [2.05, 4.69) is 86.3 Å². The molecule has 0 spiro atoms. The lowest BCUT2D eigenvalue weighted by Crippen LogP contribution is -2.12. The van der Waals surface area contributed by atoms with Crippen LogP contribution < -0.4 is 15.1 Å². The first-order valence-corrected chi connectivity index (χ1v) is 17.8. The number of hydrogen-bond acceptors (Lipinski definition) is 8. The lowest BCUT2D eigenvalue weighted by atomic mass is 10.1. The Kier molecular flexibility index (Phi) is 12.3. The molecule has 3 heterocycles. The monoisotopic (exact) mass is 704 g/mol. The topological polar surface area (TPSA) is 102 Å². The number of nitrogens with zero attached hydrogens (tertiary/aromatic N) is 2. The third-order valence-corrected chi connectivity index (χ3v) is 8.54. The summed E-state index contributed by atoms with van der Waals surface area (Å²) in [6.07, 6.45) is 3.46. The Labute approximate surface area is 250 Å². The summed E-state index contributed by atoms with van der Waals surface area (Å²) in [6.45, 7) is 3.31. The summed E-state index contributed by atoms with van der Waals surface area (Å²) in [5.74, 6) is 0.120. The van der Waals surface area contributed by atoms with Crippen LogP contribution in [0.15, 0.2) is 66.7 Å². The predicted octanol–water partition coefficient (Wildman–Crippen LogP) is 5.23. The van der Waals surface area contributed by atoms with E-state index in [0.717, 1.165) is 25.1 Å². The third-order valence-electron chi connectivity index (χ3n) is 6.51. The Morgan fingerprint density at radius 2 is 1.49 bits per heavy atom. The fourth-order valence-electron chi connectivity index (χ4n) is 4.62. The Morgan fingerprint density at radius 1 is 0.923 bits per heavy atom. The van der Waals surface area contributed by atoms with E-state index < -0.39 is 18.4 Å². The summed E-state index contributed by atoms with van der Waals surface area (Å²) in [4.78, 5) is 4.47. The Bertz CT molecular complexity index is 1350. The van der Waals surface area contributed by atoms with Gasteiger partial charge in [0.2, 0.25) is 7.01 Å². The van der Waals surface area contributed by atoms with Crippen LogP contribution in [0.3, 0.4) is 0 Å². The van der Waals surface area contributed by atoms with Gasteiger partial charge in [0, 0.05) is 50.8 Å². The second-order valence-electron chi connectivity index (χ2n) is 9.22. The highest BCUT2D eigenvalue weighted by atomic mass is 127. The Morgan fingerprint density at radius 3 is 2.08 bits per heavy atom. The van der Waals surface area contributed by atoms with Crippen LogP contribution in [0.25, 0.3) is 0 Å². The van der Waals surface area contributed by atoms with Crippen molar-refractivity contribution in [2.45, 2.75) is 25.0 Å². The van der Waals surface area contributed by atoms with Crippen LogP contribution in [0.1, 0.15) is 22.3 Å². The van der Waals surface area contributed by atoms with Crippen molar-refractivity contribution < 1.29 is 20.9 Å². The highest BCUT2D eigenvalue weighted by molar-refractivity contribution is 14.2. The Hall–Kier alpha value is -1.90. The van der Waals surface area contributed by atoms with Crippen LogP contribution >= 0.6 is 33.1 Å². The normalized spacial score (nSPS) is 15.2. The SMILES string of the molecule is CN1CCc2ccc(CS(=O)(=O)I)cc21.CN1CCc2ccccc21.O=S([O-])OCl.c1ccc2c(c1)CCN2. The second-order valence-corrected chi connectivity index (χ2v) is 15.5. The zero-order chi connectivity index (χ0) is 28.4. The van der Waals surface area contributed by atoms with Gasteiger partial charge in [0.1, 0.15) is 11.4 Å². The zero-order valence-electron chi connectivity index (χ0n) is 21.8. The molecule has 6 rings (SSSR count). The summed E-state index contributed by atoms with van der Waals surface area (Å²) in [6, 6.07) is 23.0. The molecule has 0 amide bonds. The van der Waals surface area contributed by atoms with E-state index in [-0.39, 0.29) is 5.75 Å². The van der Waals surface area contributed by atoms with Gasteiger partial charge in [-0.2, -0.15) is 3.74 Å². The lowest BCUT2D eigenvalue weighted by Gasteiger charge is -2.12.